The molecule has 0 amide bonds. The van der Waals surface area contributed by atoms with Gasteiger partial charge in [0.2, 0.25) is 5.95 Å². The van der Waals surface area contributed by atoms with Crippen LogP contribution in [0.1, 0.15) is 30.9 Å². The van der Waals surface area contributed by atoms with Crippen molar-refractivity contribution in [3.63, 3.8) is 0 Å². The molecule has 2 fully saturated rings. The molecule has 3 aromatic rings. The molecule has 0 radical (unpaired) electrons. The van der Waals surface area contributed by atoms with Crippen LogP contribution in [0.4, 0.5) is 11.6 Å². The zero-order valence-corrected chi connectivity index (χ0v) is 17.7. The Kier molecular flexibility index (Phi) is 5.82. The highest BCUT2D eigenvalue weighted by Crippen LogP contribution is 2.33. The monoisotopic (exact) mass is 419 g/mol. The smallest absolute Gasteiger partial charge is 0.225 e. The van der Waals surface area contributed by atoms with E-state index in [4.69, 9.17) is 10.5 Å². The number of nitrogens with zero attached hydrogens (tertiary/aromatic N) is 4. The lowest BCUT2D eigenvalue weighted by atomic mass is 9.94. The summed E-state index contributed by atoms with van der Waals surface area (Å²) in [6.07, 6.45) is 8.74. The van der Waals surface area contributed by atoms with Gasteiger partial charge in [0.25, 0.3) is 0 Å². The molecule has 0 unspecified atom stereocenters. The molecule has 3 aromatic heterocycles. The fourth-order valence-electron chi connectivity index (χ4n) is 4.41. The SMILES string of the molecule is Nc1cc(-c2ccnc(-c3cnc(N4CCCOCC4)nc3)c2)[nH]c1C1CCNCC1. The fourth-order valence-corrected chi connectivity index (χ4v) is 4.41. The standard InChI is InChI=1S/C23H29N7O/c24-19-13-21(29-22(19)16-2-5-25-6-3-16)17-4-7-26-20(12-17)18-14-27-23(28-15-18)30-8-1-10-31-11-9-30/h4,7,12-16,25,29H,1-3,5-6,8-11,24H2. The molecule has 2 aliphatic heterocycles. The Morgan fingerprint density at radius 3 is 2.68 bits per heavy atom. The molecule has 8 heteroatoms. The number of hydrogen-bond donors (Lipinski definition) is 3. The van der Waals surface area contributed by atoms with Crippen molar-refractivity contribution < 1.29 is 4.74 Å². The van der Waals surface area contributed by atoms with Crippen molar-refractivity contribution >= 4 is 11.6 Å². The first kappa shape index (κ1) is 20.0. The lowest BCUT2D eigenvalue weighted by molar-refractivity contribution is 0.152. The van der Waals surface area contributed by atoms with Crippen LogP contribution >= 0.6 is 0 Å². The van der Waals surface area contributed by atoms with Crippen LogP contribution in [0.15, 0.2) is 36.8 Å². The number of nitrogens with two attached hydrogens (primary N) is 1. The van der Waals surface area contributed by atoms with E-state index in [9.17, 15) is 0 Å². The number of H-pyrrole nitrogens is 1. The van der Waals surface area contributed by atoms with Gasteiger partial charge in [-0.3, -0.25) is 4.98 Å². The Labute approximate surface area is 182 Å². The summed E-state index contributed by atoms with van der Waals surface area (Å²) < 4.78 is 5.52. The Morgan fingerprint density at radius 1 is 1.00 bits per heavy atom. The van der Waals surface area contributed by atoms with E-state index in [1.165, 1.54) is 0 Å². The first-order valence-corrected chi connectivity index (χ1v) is 11.1. The summed E-state index contributed by atoms with van der Waals surface area (Å²) in [4.78, 5) is 19.5. The van der Waals surface area contributed by atoms with Crippen LogP contribution in [0.2, 0.25) is 0 Å². The van der Waals surface area contributed by atoms with Gasteiger partial charge in [-0.1, -0.05) is 0 Å². The van der Waals surface area contributed by atoms with Gasteiger partial charge in [-0.25, -0.2) is 9.97 Å². The number of nitrogens with one attached hydrogen (secondary N) is 2. The molecule has 0 bridgehead atoms. The topological polar surface area (TPSA) is 105 Å². The second kappa shape index (κ2) is 9.03. The van der Waals surface area contributed by atoms with E-state index in [1.807, 2.05) is 30.7 Å². The first-order chi connectivity index (χ1) is 15.3. The molecule has 31 heavy (non-hydrogen) atoms. The van der Waals surface area contributed by atoms with Crippen molar-refractivity contribution in [1.82, 2.24) is 25.3 Å². The summed E-state index contributed by atoms with van der Waals surface area (Å²) in [5.41, 5.74) is 12.2. The lowest BCUT2D eigenvalue weighted by Gasteiger charge is -2.22. The van der Waals surface area contributed by atoms with Gasteiger partial charge in [-0.2, -0.15) is 0 Å². The summed E-state index contributed by atoms with van der Waals surface area (Å²) in [5, 5.41) is 3.41. The number of rotatable bonds is 4. The number of hydrogen-bond acceptors (Lipinski definition) is 7. The molecular weight excluding hydrogens is 390 g/mol. The van der Waals surface area contributed by atoms with Crippen molar-refractivity contribution in [3.8, 4) is 22.5 Å². The van der Waals surface area contributed by atoms with Crippen molar-refractivity contribution in [2.45, 2.75) is 25.2 Å². The van der Waals surface area contributed by atoms with Crippen molar-refractivity contribution in [2.24, 2.45) is 0 Å². The molecule has 0 aromatic carbocycles. The summed E-state index contributed by atoms with van der Waals surface area (Å²) in [5.74, 6) is 1.23. The second-order valence-electron chi connectivity index (χ2n) is 8.23. The van der Waals surface area contributed by atoms with Gasteiger partial charge in [0.05, 0.1) is 18.0 Å². The third-order valence-electron chi connectivity index (χ3n) is 6.14. The zero-order chi connectivity index (χ0) is 21.0. The van der Waals surface area contributed by atoms with E-state index in [2.05, 4.69) is 36.2 Å². The second-order valence-corrected chi connectivity index (χ2v) is 8.23. The predicted molar refractivity (Wildman–Crippen MR) is 122 cm³/mol. The van der Waals surface area contributed by atoms with Crippen molar-refractivity contribution in [1.29, 1.82) is 0 Å². The van der Waals surface area contributed by atoms with Crippen LogP contribution in [-0.2, 0) is 4.74 Å². The van der Waals surface area contributed by atoms with Gasteiger partial charge in [-0.05, 0) is 50.6 Å². The van der Waals surface area contributed by atoms with Gasteiger partial charge in [0, 0.05) is 66.7 Å². The molecule has 2 aliphatic rings. The number of nitrogen functional groups attached to an aromatic ring is 1. The molecule has 0 spiro atoms. The van der Waals surface area contributed by atoms with E-state index >= 15 is 0 Å². The molecule has 2 saturated heterocycles. The van der Waals surface area contributed by atoms with E-state index in [1.54, 1.807) is 0 Å². The quantitative estimate of drug-likeness (QED) is 0.597. The third-order valence-corrected chi connectivity index (χ3v) is 6.14. The summed E-state index contributed by atoms with van der Waals surface area (Å²) in [6, 6.07) is 6.11. The molecule has 5 rings (SSSR count). The molecule has 0 atom stereocenters. The molecule has 4 N–H and O–H groups in total. The Hall–Kier alpha value is -2.97. The predicted octanol–water partition coefficient (Wildman–Crippen LogP) is 2.81. The number of anilines is 2. The van der Waals surface area contributed by atoms with Crippen LogP contribution in [0.5, 0.6) is 0 Å². The average molecular weight is 420 g/mol. The Balaban J connectivity index is 1.37. The normalized spacial score (nSPS) is 18.1. The number of piperidine rings is 1. The van der Waals surface area contributed by atoms with E-state index < -0.39 is 0 Å². The third kappa shape index (κ3) is 4.40. The van der Waals surface area contributed by atoms with Gasteiger partial charge < -0.3 is 25.7 Å². The summed E-state index contributed by atoms with van der Waals surface area (Å²) in [7, 11) is 0. The van der Waals surface area contributed by atoms with Crippen LogP contribution in [-0.4, -0.2) is 59.3 Å². The van der Waals surface area contributed by atoms with E-state index in [0.717, 1.165) is 91.9 Å². The van der Waals surface area contributed by atoms with E-state index in [-0.39, 0.29) is 0 Å². The molecular formula is C23H29N7O. The summed E-state index contributed by atoms with van der Waals surface area (Å²) in [6.45, 7) is 5.33. The number of aromatic nitrogens is 4. The number of pyridine rings is 1. The minimum atomic E-state index is 0.488. The summed E-state index contributed by atoms with van der Waals surface area (Å²) >= 11 is 0. The Bertz CT molecular complexity index is 1000. The molecule has 0 aliphatic carbocycles. The highest BCUT2D eigenvalue weighted by Gasteiger charge is 2.20. The lowest BCUT2D eigenvalue weighted by Crippen LogP contribution is -2.27. The fraction of sp³-hybridized carbons (Fsp3) is 0.435. The largest absolute Gasteiger partial charge is 0.397 e. The maximum Gasteiger partial charge on any atom is 0.225 e. The van der Waals surface area contributed by atoms with Crippen LogP contribution in [0.3, 0.4) is 0 Å². The van der Waals surface area contributed by atoms with Gasteiger partial charge in [-0.15, -0.1) is 0 Å². The molecule has 8 nitrogen and oxygen atoms in total. The highest BCUT2D eigenvalue weighted by atomic mass is 16.5. The maximum atomic E-state index is 6.36. The van der Waals surface area contributed by atoms with Crippen molar-refractivity contribution in [2.75, 3.05) is 50.0 Å². The van der Waals surface area contributed by atoms with Crippen LogP contribution in [0.25, 0.3) is 22.5 Å². The molecule has 0 saturated carbocycles. The highest BCUT2D eigenvalue weighted by molar-refractivity contribution is 5.71. The minimum absolute atomic E-state index is 0.488. The minimum Gasteiger partial charge on any atom is -0.397 e. The first-order valence-electron chi connectivity index (χ1n) is 11.1. The number of ether oxygens (including phenoxy) is 1. The van der Waals surface area contributed by atoms with Gasteiger partial charge in [0.15, 0.2) is 0 Å². The molecule has 5 heterocycles. The van der Waals surface area contributed by atoms with Crippen LogP contribution < -0.4 is 16.0 Å². The zero-order valence-electron chi connectivity index (χ0n) is 17.7. The molecule has 162 valence electrons. The average Bonchev–Trinajstić information content (AvgIpc) is 3.03. The van der Waals surface area contributed by atoms with E-state index in [0.29, 0.717) is 12.5 Å². The van der Waals surface area contributed by atoms with Crippen LogP contribution in [0, 0.1) is 0 Å². The van der Waals surface area contributed by atoms with Gasteiger partial charge >= 0.3 is 0 Å². The van der Waals surface area contributed by atoms with Gasteiger partial charge in [0.1, 0.15) is 0 Å². The Morgan fingerprint density at radius 2 is 1.84 bits per heavy atom. The number of aromatic amines is 1. The maximum absolute atomic E-state index is 6.36. The van der Waals surface area contributed by atoms with Crippen molar-refractivity contribution in [3.05, 3.63) is 42.5 Å².